The number of rotatable bonds is 5. The van der Waals surface area contributed by atoms with Crippen molar-refractivity contribution < 1.29 is 17.6 Å². The summed E-state index contributed by atoms with van der Waals surface area (Å²) in [6, 6.07) is 10.6. The molecule has 0 unspecified atom stereocenters. The van der Waals surface area contributed by atoms with Crippen LogP contribution in [0.2, 0.25) is 0 Å². The molecule has 0 spiro atoms. The van der Waals surface area contributed by atoms with Gasteiger partial charge in [0.05, 0.1) is 11.4 Å². The Bertz CT molecular complexity index is 911. The number of carbonyl (C=O) groups is 1. The number of nitrogens with zero attached hydrogens (tertiary/aromatic N) is 1. The molecular formula is C19H21FN2O3S. The molecular weight excluding hydrogens is 355 g/mol. The smallest absolute Gasteiger partial charge is 0.236 e. The van der Waals surface area contributed by atoms with Crippen molar-refractivity contribution in [1.29, 1.82) is 0 Å². The van der Waals surface area contributed by atoms with E-state index in [-0.39, 0.29) is 11.7 Å². The van der Waals surface area contributed by atoms with Crippen molar-refractivity contribution in [3.63, 3.8) is 0 Å². The lowest BCUT2D eigenvalue weighted by atomic mass is 10.0. The van der Waals surface area contributed by atoms with Crippen LogP contribution in [0.5, 0.6) is 0 Å². The van der Waals surface area contributed by atoms with Gasteiger partial charge in [0.1, 0.15) is 5.82 Å². The number of fused-ring (bicyclic) bond motifs is 1. The zero-order valence-electron chi connectivity index (χ0n) is 14.5. The lowest BCUT2D eigenvalue weighted by Crippen LogP contribution is -2.35. The van der Waals surface area contributed by atoms with Crippen molar-refractivity contribution in [2.24, 2.45) is 0 Å². The molecule has 0 atom stereocenters. The molecule has 5 nitrogen and oxygen atoms in total. The van der Waals surface area contributed by atoms with Crippen LogP contribution in [0, 0.1) is 5.82 Å². The van der Waals surface area contributed by atoms with Crippen LogP contribution in [0.3, 0.4) is 0 Å². The van der Waals surface area contributed by atoms with Crippen molar-refractivity contribution in [2.75, 3.05) is 16.2 Å². The van der Waals surface area contributed by atoms with E-state index in [1.165, 1.54) is 24.3 Å². The molecule has 0 radical (unpaired) electrons. The van der Waals surface area contributed by atoms with Crippen molar-refractivity contribution >= 4 is 27.3 Å². The van der Waals surface area contributed by atoms with Crippen molar-refractivity contribution in [3.8, 4) is 0 Å². The average molecular weight is 376 g/mol. The second kappa shape index (κ2) is 7.45. The van der Waals surface area contributed by atoms with Crippen LogP contribution in [0.1, 0.15) is 30.9 Å². The van der Waals surface area contributed by atoms with Gasteiger partial charge in [0, 0.05) is 18.7 Å². The summed E-state index contributed by atoms with van der Waals surface area (Å²) in [6.45, 7) is 2.46. The predicted molar refractivity (Wildman–Crippen MR) is 100 cm³/mol. The van der Waals surface area contributed by atoms with Gasteiger partial charge >= 0.3 is 0 Å². The minimum absolute atomic E-state index is 0.0252. The molecule has 0 aliphatic carbocycles. The number of benzene rings is 2. The molecule has 26 heavy (non-hydrogen) atoms. The molecule has 3 rings (SSSR count). The van der Waals surface area contributed by atoms with E-state index in [0.717, 1.165) is 24.1 Å². The van der Waals surface area contributed by atoms with Gasteiger partial charge in [0.2, 0.25) is 15.9 Å². The van der Waals surface area contributed by atoms with E-state index >= 15 is 0 Å². The van der Waals surface area contributed by atoms with Gasteiger partial charge < -0.3 is 4.90 Å². The van der Waals surface area contributed by atoms with Gasteiger partial charge in [-0.15, -0.1) is 0 Å². The van der Waals surface area contributed by atoms with Crippen LogP contribution < -0.4 is 9.62 Å². The van der Waals surface area contributed by atoms with Gasteiger partial charge in [-0.3, -0.25) is 9.52 Å². The van der Waals surface area contributed by atoms with E-state index in [0.29, 0.717) is 24.2 Å². The largest absolute Gasteiger partial charge is 0.312 e. The highest BCUT2D eigenvalue weighted by molar-refractivity contribution is 7.91. The van der Waals surface area contributed by atoms with Gasteiger partial charge in [-0.25, -0.2) is 12.8 Å². The summed E-state index contributed by atoms with van der Waals surface area (Å²) >= 11 is 0. The lowest BCUT2D eigenvalue weighted by Gasteiger charge is -2.29. The fourth-order valence-electron chi connectivity index (χ4n) is 3.10. The summed E-state index contributed by atoms with van der Waals surface area (Å²) in [5.41, 5.74) is 2.73. The third-order valence-electron chi connectivity index (χ3n) is 4.35. The third-order valence-corrected chi connectivity index (χ3v) is 5.61. The van der Waals surface area contributed by atoms with Crippen LogP contribution in [0.4, 0.5) is 15.8 Å². The van der Waals surface area contributed by atoms with E-state index in [1.807, 2.05) is 13.0 Å². The van der Waals surface area contributed by atoms with Crippen molar-refractivity contribution in [3.05, 3.63) is 59.4 Å². The van der Waals surface area contributed by atoms with E-state index < -0.39 is 15.8 Å². The molecule has 1 aliphatic heterocycles. The highest BCUT2D eigenvalue weighted by atomic mass is 32.2. The van der Waals surface area contributed by atoms with Gasteiger partial charge in [-0.1, -0.05) is 25.1 Å². The maximum absolute atomic E-state index is 13.0. The zero-order valence-corrected chi connectivity index (χ0v) is 15.4. The van der Waals surface area contributed by atoms with Gasteiger partial charge in [-0.2, -0.15) is 0 Å². The Morgan fingerprint density at radius 3 is 2.62 bits per heavy atom. The molecule has 1 amide bonds. The Morgan fingerprint density at radius 2 is 1.92 bits per heavy atom. The van der Waals surface area contributed by atoms with Crippen LogP contribution in [-0.2, 0) is 27.0 Å². The lowest BCUT2D eigenvalue weighted by molar-refractivity contribution is -0.118. The normalized spacial score (nSPS) is 14.0. The van der Waals surface area contributed by atoms with Gasteiger partial charge in [0.15, 0.2) is 0 Å². The number of sulfonamides is 1. The molecule has 2 aromatic carbocycles. The van der Waals surface area contributed by atoms with E-state index in [2.05, 4.69) is 4.72 Å². The van der Waals surface area contributed by atoms with Crippen LogP contribution in [0.25, 0.3) is 0 Å². The number of hydrogen-bond acceptors (Lipinski definition) is 3. The highest BCUT2D eigenvalue weighted by Gasteiger charge is 2.22. The first-order chi connectivity index (χ1) is 12.4. The minimum Gasteiger partial charge on any atom is -0.312 e. The molecule has 0 bridgehead atoms. The highest BCUT2D eigenvalue weighted by Crippen LogP contribution is 2.31. The number of aryl methyl sites for hydroxylation is 1. The summed E-state index contributed by atoms with van der Waals surface area (Å²) in [7, 11) is -3.65. The monoisotopic (exact) mass is 376 g/mol. The summed E-state index contributed by atoms with van der Waals surface area (Å²) < 4.78 is 40.3. The predicted octanol–water partition coefficient (Wildman–Crippen LogP) is 3.46. The first-order valence-corrected chi connectivity index (χ1v) is 10.2. The van der Waals surface area contributed by atoms with E-state index in [1.54, 1.807) is 17.0 Å². The molecule has 7 heteroatoms. The quantitative estimate of drug-likeness (QED) is 0.869. The summed E-state index contributed by atoms with van der Waals surface area (Å²) in [5, 5.41) is 0. The van der Waals surface area contributed by atoms with Gasteiger partial charge in [-0.05, 0) is 48.2 Å². The zero-order chi connectivity index (χ0) is 18.7. The Morgan fingerprint density at radius 1 is 1.19 bits per heavy atom. The molecule has 0 saturated heterocycles. The SMILES string of the molecule is CCC(=O)N1CCCc2ccc(NS(=O)(=O)Cc3ccc(F)cc3)cc21. The minimum atomic E-state index is -3.65. The Kier molecular flexibility index (Phi) is 5.27. The van der Waals surface area contributed by atoms with Crippen LogP contribution >= 0.6 is 0 Å². The maximum atomic E-state index is 13.0. The van der Waals surface area contributed by atoms with Gasteiger partial charge in [0.25, 0.3) is 0 Å². The van der Waals surface area contributed by atoms with E-state index in [9.17, 15) is 17.6 Å². The molecule has 0 fully saturated rings. The Labute approximate surface area is 152 Å². The topological polar surface area (TPSA) is 66.5 Å². The molecule has 1 N–H and O–H groups in total. The first-order valence-electron chi connectivity index (χ1n) is 8.56. The second-order valence-electron chi connectivity index (χ2n) is 6.33. The Balaban J connectivity index is 1.81. The number of carbonyl (C=O) groups excluding carboxylic acids is 1. The Hall–Kier alpha value is -2.41. The number of anilines is 2. The molecule has 0 saturated carbocycles. The number of amides is 1. The van der Waals surface area contributed by atoms with Crippen molar-refractivity contribution in [1.82, 2.24) is 0 Å². The summed E-state index contributed by atoms with van der Waals surface area (Å²) in [4.78, 5) is 13.9. The first kappa shape index (κ1) is 18.4. The number of halogens is 1. The molecule has 2 aromatic rings. The molecule has 138 valence electrons. The fraction of sp³-hybridized carbons (Fsp3) is 0.316. The maximum Gasteiger partial charge on any atom is 0.236 e. The standard InChI is InChI=1S/C19H21FN2O3S/c1-2-19(23)22-11-3-4-15-7-10-17(12-18(15)22)21-26(24,25)13-14-5-8-16(20)9-6-14/h5-10,12,21H,2-4,11,13H2,1H3. The molecule has 1 heterocycles. The number of hydrogen-bond donors (Lipinski definition) is 1. The molecule has 0 aromatic heterocycles. The summed E-state index contributed by atoms with van der Waals surface area (Å²) in [6.07, 6.45) is 2.17. The van der Waals surface area contributed by atoms with Crippen LogP contribution in [-0.4, -0.2) is 20.9 Å². The number of nitrogens with one attached hydrogen (secondary N) is 1. The summed E-state index contributed by atoms with van der Waals surface area (Å²) in [5.74, 6) is -0.631. The van der Waals surface area contributed by atoms with Crippen LogP contribution in [0.15, 0.2) is 42.5 Å². The van der Waals surface area contributed by atoms with Crippen molar-refractivity contribution in [2.45, 2.75) is 31.9 Å². The fourth-order valence-corrected chi connectivity index (χ4v) is 4.29. The second-order valence-corrected chi connectivity index (χ2v) is 8.06. The molecule has 1 aliphatic rings. The third kappa shape index (κ3) is 4.22. The van der Waals surface area contributed by atoms with E-state index in [4.69, 9.17) is 0 Å². The average Bonchev–Trinajstić information content (AvgIpc) is 2.62.